The highest BCUT2D eigenvalue weighted by Gasteiger charge is 2.31. The lowest BCUT2D eigenvalue weighted by Crippen LogP contribution is -2.22. The van der Waals surface area contributed by atoms with Gasteiger partial charge in [0.15, 0.2) is 0 Å². The van der Waals surface area contributed by atoms with Crippen molar-refractivity contribution >= 4 is 34.1 Å². The summed E-state index contributed by atoms with van der Waals surface area (Å²) in [5.74, 6) is 1.40. The lowest BCUT2D eigenvalue weighted by atomic mass is 10.1. The predicted octanol–water partition coefficient (Wildman–Crippen LogP) is 5.42. The number of hydrogen-bond donors (Lipinski definition) is 1. The Hall–Kier alpha value is -3.12. The molecule has 0 bridgehead atoms. The molecule has 4 aromatic rings. The average molecular weight is 415 g/mol. The lowest BCUT2D eigenvalue weighted by Gasteiger charge is -2.11. The molecule has 1 aliphatic carbocycles. The normalized spacial score (nSPS) is 14.6. The molecular weight excluding hydrogens is 392 g/mol. The number of benzene rings is 3. The second-order valence-electron chi connectivity index (χ2n) is 7.59. The van der Waals surface area contributed by atoms with E-state index in [2.05, 4.69) is 11.4 Å². The molecule has 1 saturated carbocycles. The van der Waals surface area contributed by atoms with Crippen LogP contribution < -0.4 is 5.32 Å². The van der Waals surface area contributed by atoms with E-state index in [0.29, 0.717) is 11.1 Å². The van der Waals surface area contributed by atoms with Gasteiger partial charge in [-0.05, 0) is 54.8 Å². The van der Waals surface area contributed by atoms with Crippen LogP contribution in [0.15, 0.2) is 78.0 Å². The van der Waals surface area contributed by atoms with Crippen LogP contribution in [0.4, 0.5) is 5.69 Å². The molecule has 5 nitrogen and oxygen atoms in total. The topological polar surface area (TPSA) is 59.8 Å². The number of aromatic nitrogens is 3. The fraction of sp³-hybridized carbons (Fsp3) is 0.208. The number of rotatable bonds is 6. The molecule has 0 spiro atoms. The fourth-order valence-electron chi connectivity index (χ4n) is 3.44. The number of nitrogens with one attached hydrogen (secondary N) is 1. The minimum Gasteiger partial charge on any atom is -0.325 e. The van der Waals surface area contributed by atoms with Gasteiger partial charge in [-0.3, -0.25) is 4.79 Å². The molecule has 0 radical (unpaired) electrons. The summed E-state index contributed by atoms with van der Waals surface area (Å²) in [6.45, 7) is 1.89. The molecule has 1 N–H and O–H groups in total. The standard InChI is InChI=1S/C24H22N4OS/c1-16(23(29)25-20-14-13-17-7-5-6-8-19(17)15-20)30-24-26-22(18-11-12-18)28(27-24)21-9-3-2-4-10-21/h2-10,13-16,18H,11-12H2,1H3,(H,25,29). The second kappa shape index (κ2) is 7.95. The van der Waals surface area contributed by atoms with Gasteiger partial charge in [-0.1, -0.05) is 60.3 Å². The molecule has 1 aliphatic rings. The van der Waals surface area contributed by atoms with Crippen LogP contribution in [0.2, 0.25) is 0 Å². The molecule has 5 rings (SSSR count). The van der Waals surface area contributed by atoms with Gasteiger partial charge in [0.05, 0.1) is 10.9 Å². The predicted molar refractivity (Wildman–Crippen MR) is 121 cm³/mol. The smallest absolute Gasteiger partial charge is 0.237 e. The summed E-state index contributed by atoms with van der Waals surface area (Å²) >= 11 is 1.39. The van der Waals surface area contributed by atoms with Gasteiger partial charge in [-0.25, -0.2) is 9.67 Å². The highest BCUT2D eigenvalue weighted by molar-refractivity contribution is 8.00. The summed E-state index contributed by atoms with van der Waals surface area (Å²) in [6.07, 6.45) is 2.29. The number of para-hydroxylation sites is 1. The third kappa shape index (κ3) is 3.96. The number of fused-ring (bicyclic) bond motifs is 1. The van der Waals surface area contributed by atoms with E-state index in [1.54, 1.807) is 0 Å². The summed E-state index contributed by atoms with van der Waals surface area (Å²) in [7, 11) is 0. The number of carbonyl (C=O) groups excluding carboxylic acids is 1. The van der Waals surface area contributed by atoms with Crippen LogP contribution in [0.25, 0.3) is 16.5 Å². The van der Waals surface area contributed by atoms with Crippen molar-refractivity contribution in [3.63, 3.8) is 0 Å². The highest BCUT2D eigenvalue weighted by atomic mass is 32.2. The second-order valence-corrected chi connectivity index (χ2v) is 8.89. The van der Waals surface area contributed by atoms with E-state index in [1.807, 2.05) is 78.3 Å². The van der Waals surface area contributed by atoms with Crippen LogP contribution in [-0.2, 0) is 4.79 Å². The summed E-state index contributed by atoms with van der Waals surface area (Å²) in [5.41, 5.74) is 1.81. The molecule has 150 valence electrons. The molecular formula is C24H22N4OS. The molecule has 3 aromatic carbocycles. The summed E-state index contributed by atoms with van der Waals surface area (Å²) in [6, 6.07) is 24.1. The molecule has 1 unspecified atom stereocenters. The van der Waals surface area contributed by atoms with Crippen molar-refractivity contribution in [3.8, 4) is 5.69 Å². The zero-order valence-electron chi connectivity index (χ0n) is 16.7. The Bertz CT molecular complexity index is 1200. The maximum atomic E-state index is 12.8. The molecule has 1 fully saturated rings. The zero-order valence-corrected chi connectivity index (χ0v) is 17.5. The van der Waals surface area contributed by atoms with E-state index >= 15 is 0 Å². The van der Waals surface area contributed by atoms with Crippen molar-refractivity contribution in [2.75, 3.05) is 5.32 Å². The van der Waals surface area contributed by atoms with Gasteiger partial charge in [0, 0.05) is 11.6 Å². The third-order valence-electron chi connectivity index (χ3n) is 5.22. The largest absolute Gasteiger partial charge is 0.325 e. The lowest BCUT2D eigenvalue weighted by molar-refractivity contribution is -0.115. The van der Waals surface area contributed by atoms with Gasteiger partial charge in [-0.15, -0.1) is 5.10 Å². The van der Waals surface area contributed by atoms with Crippen molar-refractivity contribution in [1.29, 1.82) is 0 Å². The average Bonchev–Trinajstić information content (AvgIpc) is 3.54. The van der Waals surface area contributed by atoms with Gasteiger partial charge < -0.3 is 5.32 Å². The van der Waals surface area contributed by atoms with E-state index in [-0.39, 0.29) is 11.2 Å². The Morgan fingerprint density at radius 1 is 1.03 bits per heavy atom. The van der Waals surface area contributed by atoms with E-state index in [4.69, 9.17) is 10.1 Å². The molecule has 1 amide bonds. The molecule has 1 atom stereocenters. The van der Waals surface area contributed by atoms with Crippen LogP contribution >= 0.6 is 11.8 Å². The van der Waals surface area contributed by atoms with Crippen LogP contribution in [-0.4, -0.2) is 25.9 Å². The van der Waals surface area contributed by atoms with Gasteiger partial charge in [0.2, 0.25) is 11.1 Å². The number of hydrogen-bond acceptors (Lipinski definition) is 4. The Balaban J connectivity index is 1.32. The Morgan fingerprint density at radius 2 is 1.77 bits per heavy atom. The summed E-state index contributed by atoms with van der Waals surface area (Å²) in [5, 5.41) is 10.3. The van der Waals surface area contributed by atoms with Crippen LogP contribution in [0.3, 0.4) is 0 Å². The van der Waals surface area contributed by atoms with Crippen molar-refractivity contribution in [2.45, 2.75) is 36.1 Å². The van der Waals surface area contributed by atoms with Crippen molar-refractivity contribution in [2.24, 2.45) is 0 Å². The number of carbonyl (C=O) groups is 1. The third-order valence-corrected chi connectivity index (χ3v) is 6.18. The minimum absolute atomic E-state index is 0.0562. The van der Waals surface area contributed by atoms with E-state index in [9.17, 15) is 4.79 Å². The molecule has 0 aliphatic heterocycles. The molecule has 30 heavy (non-hydrogen) atoms. The first-order valence-electron chi connectivity index (χ1n) is 10.2. The van der Waals surface area contributed by atoms with Crippen LogP contribution in [0.1, 0.15) is 31.5 Å². The number of amides is 1. The number of anilines is 1. The van der Waals surface area contributed by atoms with E-state index in [0.717, 1.165) is 40.8 Å². The first-order chi connectivity index (χ1) is 14.7. The Labute approximate surface area is 179 Å². The monoisotopic (exact) mass is 414 g/mol. The highest BCUT2D eigenvalue weighted by Crippen LogP contribution is 2.40. The molecule has 6 heteroatoms. The van der Waals surface area contributed by atoms with Gasteiger partial charge in [0.1, 0.15) is 5.82 Å². The summed E-state index contributed by atoms with van der Waals surface area (Å²) < 4.78 is 1.92. The van der Waals surface area contributed by atoms with Crippen LogP contribution in [0.5, 0.6) is 0 Å². The first-order valence-corrected chi connectivity index (χ1v) is 11.0. The van der Waals surface area contributed by atoms with E-state index in [1.165, 1.54) is 11.8 Å². The van der Waals surface area contributed by atoms with Gasteiger partial charge >= 0.3 is 0 Å². The molecule has 0 saturated heterocycles. The Kier molecular flexibility index (Phi) is 5.01. The Morgan fingerprint density at radius 3 is 2.53 bits per heavy atom. The van der Waals surface area contributed by atoms with Crippen molar-refractivity contribution in [3.05, 3.63) is 78.6 Å². The first kappa shape index (κ1) is 18.9. The maximum absolute atomic E-state index is 12.8. The molecule has 1 heterocycles. The van der Waals surface area contributed by atoms with Crippen molar-refractivity contribution in [1.82, 2.24) is 14.8 Å². The van der Waals surface area contributed by atoms with Crippen molar-refractivity contribution < 1.29 is 4.79 Å². The van der Waals surface area contributed by atoms with Gasteiger partial charge in [-0.2, -0.15) is 0 Å². The quantitative estimate of drug-likeness (QED) is 0.428. The minimum atomic E-state index is -0.310. The summed E-state index contributed by atoms with van der Waals surface area (Å²) in [4.78, 5) is 17.5. The SMILES string of the molecule is CC(Sc1nc(C2CC2)n(-c2ccccc2)n1)C(=O)Nc1ccc2ccccc2c1. The molecule has 1 aromatic heterocycles. The van der Waals surface area contributed by atoms with E-state index < -0.39 is 0 Å². The maximum Gasteiger partial charge on any atom is 0.237 e. The zero-order chi connectivity index (χ0) is 20.5. The fourth-order valence-corrected chi connectivity index (χ4v) is 4.20. The number of nitrogens with zero attached hydrogens (tertiary/aromatic N) is 3. The van der Waals surface area contributed by atoms with Gasteiger partial charge in [0.25, 0.3) is 0 Å². The number of thioether (sulfide) groups is 1. The van der Waals surface area contributed by atoms with Crippen LogP contribution in [0, 0.1) is 0 Å².